The first-order chi connectivity index (χ1) is 9.60. The summed E-state index contributed by atoms with van der Waals surface area (Å²) >= 11 is 5.12. The maximum Gasteiger partial charge on any atom is 0.199 e. The summed E-state index contributed by atoms with van der Waals surface area (Å²) in [5.41, 5.74) is 1.88. The Balaban J connectivity index is 0.00000220. The van der Waals surface area contributed by atoms with E-state index in [1.807, 2.05) is 54.6 Å². The van der Waals surface area contributed by atoms with E-state index in [0.717, 1.165) is 15.8 Å². The fourth-order valence-electron chi connectivity index (χ4n) is 1.74. The van der Waals surface area contributed by atoms with Gasteiger partial charge in [0, 0.05) is 27.8 Å². The highest BCUT2D eigenvalue weighted by Crippen LogP contribution is 2.22. The van der Waals surface area contributed by atoms with Crippen LogP contribution in [-0.2, 0) is 0 Å². The molecule has 2 aromatic carbocycles. The number of halogens is 2. The number of hydrogen-bond acceptors (Lipinski definition) is 2. The maximum atomic E-state index is 8.16. The Bertz CT molecular complexity index is 621. The summed E-state index contributed by atoms with van der Waals surface area (Å²) in [7, 11) is 1.88. The molecule has 0 atom stereocenters. The Hall–Kier alpha value is -1.17. The predicted octanol–water partition coefficient (Wildman–Crippen LogP) is 5.08. The van der Waals surface area contributed by atoms with Gasteiger partial charge in [0.25, 0.3) is 0 Å². The van der Waals surface area contributed by atoms with Gasteiger partial charge in [-0.1, -0.05) is 28.1 Å². The van der Waals surface area contributed by atoms with Crippen LogP contribution >= 0.6 is 40.1 Å². The largest absolute Gasteiger partial charge is 0.326 e. The van der Waals surface area contributed by atoms with Crippen molar-refractivity contribution in [3.05, 3.63) is 53.0 Å². The minimum Gasteiger partial charge on any atom is -0.326 e. The van der Waals surface area contributed by atoms with E-state index in [1.54, 1.807) is 11.8 Å². The van der Waals surface area contributed by atoms with E-state index in [0.29, 0.717) is 5.96 Å². The Morgan fingerprint density at radius 1 is 1.19 bits per heavy atom. The molecule has 2 aromatic rings. The van der Waals surface area contributed by atoms with Crippen LogP contribution in [0.25, 0.3) is 0 Å². The summed E-state index contributed by atoms with van der Waals surface area (Å²) in [5, 5.41) is 11.3. The van der Waals surface area contributed by atoms with Crippen molar-refractivity contribution >= 4 is 57.4 Å². The standard InChI is InChI=1S/C15H16BrN3S.ClH/c1-19(13-7-4-8-14(10-13)20-2)15(17)18-12-6-3-5-11(16)9-12;/h3-10H,1-2H3,(H2,17,18);1H. The third kappa shape index (κ3) is 4.95. The van der Waals surface area contributed by atoms with Gasteiger partial charge in [-0.15, -0.1) is 24.2 Å². The van der Waals surface area contributed by atoms with Gasteiger partial charge in [0.2, 0.25) is 0 Å². The van der Waals surface area contributed by atoms with E-state index in [-0.39, 0.29) is 12.4 Å². The van der Waals surface area contributed by atoms with Gasteiger partial charge in [0.1, 0.15) is 0 Å². The molecule has 0 bridgehead atoms. The average molecular weight is 387 g/mol. The zero-order valence-corrected chi connectivity index (χ0v) is 15.0. The molecule has 112 valence electrons. The molecule has 0 saturated heterocycles. The summed E-state index contributed by atoms with van der Waals surface area (Å²) in [4.78, 5) is 3.00. The Morgan fingerprint density at radius 2 is 1.90 bits per heavy atom. The third-order valence-corrected chi connectivity index (χ3v) is 4.08. The normalized spacial score (nSPS) is 9.67. The van der Waals surface area contributed by atoms with Crippen LogP contribution in [-0.4, -0.2) is 19.3 Å². The van der Waals surface area contributed by atoms with Crippen LogP contribution in [0, 0.1) is 5.41 Å². The fraction of sp³-hybridized carbons (Fsp3) is 0.133. The van der Waals surface area contributed by atoms with Gasteiger partial charge in [-0.05, 0) is 42.7 Å². The van der Waals surface area contributed by atoms with Gasteiger partial charge in [-0.3, -0.25) is 5.41 Å². The van der Waals surface area contributed by atoms with Crippen molar-refractivity contribution in [1.29, 1.82) is 5.41 Å². The second kappa shape index (κ2) is 8.32. The topological polar surface area (TPSA) is 39.1 Å². The molecule has 0 saturated carbocycles. The molecule has 2 N–H and O–H groups in total. The highest BCUT2D eigenvalue weighted by atomic mass is 79.9. The monoisotopic (exact) mass is 385 g/mol. The number of nitrogens with one attached hydrogen (secondary N) is 2. The summed E-state index contributed by atoms with van der Waals surface area (Å²) in [6, 6.07) is 15.9. The number of anilines is 2. The molecule has 0 amide bonds. The van der Waals surface area contributed by atoms with E-state index in [4.69, 9.17) is 5.41 Å². The van der Waals surface area contributed by atoms with Gasteiger partial charge >= 0.3 is 0 Å². The molecule has 2 rings (SSSR count). The summed E-state index contributed by atoms with van der Waals surface area (Å²) in [6.07, 6.45) is 2.05. The van der Waals surface area contributed by atoms with E-state index in [1.165, 1.54) is 4.90 Å². The lowest BCUT2D eigenvalue weighted by Crippen LogP contribution is -2.31. The van der Waals surface area contributed by atoms with Crippen LogP contribution in [0.2, 0.25) is 0 Å². The molecule has 0 spiro atoms. The van der Waals surface area contributed by atoms with Crippen molar-refractivity contribution in [2.75, 3.05) is 23.5 Å². The quantitative estimate of drug-likeness (QED) is 0.439. The highest BCUT2D eigenvalue weighted by Gasteiger charge is 2.08. The van der Waals surface area contributed by atoms with Crippen LogP contribution in [0.4, 0.5) is 11.4 Å². The second-order valence-corrected chi connectivity index (χ2v) is 6.04. The molecule has 3 nitrogen and oxygen atoms in total. The van der Waals surface area contributed by atoms with Crippen LogP contribution < -0.4 is 10.2 Å². The minimum absolute atomic E-state index is 0. The Morgan fingerprint density at radius 3 is 2.57 bits per heavy atom. The highest BCUT2D eigenvalue weighted by molar-refractivity contribution is 9.10. The van der Waals surface area contributed by atoms with Gasteiger partial charge in [-0.2, -0.15) is 0 Å². The van der Waals surface area contributed by atoms with Crippen molar-refractivity contribution in [3.63, 3.8) is 0 Å². The van der Waals surface area contributed by atoms with Crippen molar-refractivity contribution in [2.45, 2.75) is 4.90 Å². The van der Waals surface area contributed by atoms with E-state index in [2.05, 4.69) is 33.4 Å². The first kappa shape index (κ1) is 17.9. The SMILES string of the molecule is CSc1cccc(N(C)C(=N)Nc2cccc(Br)c2)c1.Cl. The molecule has 0 fully saturated rings. The summed E-state index contributed by atoms with van der Waals surface area (Å²) in [6.45, 7) is 0. The molecule has 0 aliphatic carbocycles. The molecule has 0 radical (unpaired) electrons. The van der Waals surface area contributed by atoms with Crippen LogP contribution in [0.1, 0.15) is 0 Å². The summed E-state index contributed by atoms with van der Waals surface area (Å²) < 4.78 is 0.988. The first-order valence-electron chi connectivity index (χ1n) is 6.09. The van der Waals surface area contributed by atoms with Gasteiger partial charge in [0.05, 0.1) is 0 Å². The number of rotatable bonds is 3. The molecular weight excluding hydrogens is 370 g/mol. The first-order valence-corrected chi connectivity index (χ1v) is 8.11. The van der Waals surface area contributed by atoms with Crippen molar-refractivity contribution < 1.29 is 0 Å². The molecule has 6 heteroatoms. The Kier molecular flexibility index (Phi) is 7.08. The fourth-order valence-corrected chi connectivity index (χ4v) is 2.59. The molecule has 0 aromatic heterocycles. The zero-order valence-electron chi connectivity index (χ0n) is 11.8. The van der Waals surface area contributed by atoms with E-state index in [9.17, 15) is 0 Å². The Labute approximate surface area is 144 Å². The molecule has 0 aliphatic heterocycles. The molecular formula is C15H17BrClN3S. The number of hydrogen-bond donors (Lipinski definition) is 2. The molecule has 21 heavy (non-hydrogen) atoms. The average Bonchev–Trinajstić information content (AvgIpc) is 2.46. The van der Waals surface area contributed by atoms with Crippen LogP contribution in [0.3, 0.4) is 0 Å². The lowest BCUT2D eigenvalue weighted by Gasteiger charge is -2.21. The van der Waals surface area contributed by atoms with Gasteiger partial charge < -0.3 is 10.2 Å². The second-order valence-electron chi connectivity index (χ2n) is 4.24. The van der Waals surface area contributed by atoms with Crippen LogP contribution in [0.5, 0.6) is 0 Å². The molecule has 0 unspecified atom stereocenters. The number of thioether (sulfide) groups is 1. The van der Waals surface area contributed by atoms with Gasteiger partial charge in [0.15, 0.2) is 5.96 Å². The predicted molar refractivity (Wildman–Crippen MR) is 99.4 cm³/mol. The summed E-state index contributed by atoms with van der Waals surface area (Å²) in [5.74, 6) is 0.335. The molecule has 0 aliphatic rings. The number of benzene rings is 2. The van der Waals surface area contributed by atoms with E-state index >= 15 is 0 Å². The van der Waals surface area contributed by atoms with Crippen molar-refractivity contribution in [2.24, 2.45) is 0 Å². The number of nitrogens with zero attached hydrogens (tertiary/aromatic N) is 1. The molecule has 0 heterocycles. The van der Waals surface area contributed by atoms with Crippen LogP contribution in [0.15, 0.2) is 57.9 Å². The minimum atomic E-state index is 0. The van der Waals surface area contributed by atoms with Crippen molar-refractivity contribution in [1.82, 2.24) is 0 Å². The smallest absolute Gasteiger partial charge is 0.199 e. The van der Waals surface area contributed by atoms with Crippen molar-refractivity contribution in [3.8, 4) is 0 Å². The number of guanidine groups is 1. The lowest BCUT2D eigenvalue weighted by molar-refractivity contribution is 1.20. The third-order valence-electron chi connectivity index (χ3n) is 2.86. The zero-order chi connectivity index (χ0) is 14.5. The maximum absolute atomic E-state index is 8.16. The van der Waals surface area contributed by atoms with Gasteiger partial charge in [-0.25, -0.2) is 0 Å². The lowest BCUT2D eigenvalue weighted by atomic mass is 10.3. The van der Waals surface area contributed by atoms with E-state index < -0.39 is 0 Å².